The molecule has 0 aliphatic heterocycles. The van der Waals surface area contributed by atoms with Crippen LogP contribution in [-0.2, 0) is 67.1 Å². The van der Waals surface area contributed by atoms with Gasteiger partial charge in [-0.2, -0.15) is 28.4 Å². The van der Waals surface area contributed by atoms with Crippen molar-refractivity contribution in [2.45, 2.75) is 0 Å². The summed E-state index contributed by atoms with van der Waals surface area (Å²) in [7, 11) is 12.6. The molecule has 0 spiro atoms. The third-order valence-corrected chi connectivity index (χ3v) is 5.42. The molecule has 0 unspecified atom stereocenters. The fourth-order valence-corrected chi connectivity index (χ4v) is 3.15. The van der Waals surface area contributed by atoms with Crippen LogP contribution >= 0.6 is 0 Å². The molecule has 4 aromatic rings. The van der Waals surface area contributed by atoms with E-state index in [0.717, 1.165) is 56.9 Å². The number of carbonyl (C=O) groups is 4. The Kier molecular flexibility index (Phi) is 103. The van der Waals surface area contributed by atoms with E-state index in [0.29, 0.717) is 25.1 Å². The Morgan fingerprint density at radius 1 is 0.328 bits per heavy atom. The van der Waals surface area contributed by atoms with Gasteiger partial charge in [0.05, 0.1) is 28.4 Å². The average Bonchev–Trinajstić information content (AvgIpc) is 3.35. The molecule has 4 radical (unpaired) electrons. The van der Waals surface area contributed by atoms with E-state index in [1.165, 1.54) is 77.0 Å². The zero-order valence-corrected chi connectivity index (χ0v) is 41.1. The first kappa shape index (κ1) is 90.4. The summed E-state index contributed by atoms with van der Waals surface area (Å²) in [5, 5.41) is 105. The van der Waals surface area contributed by atoms with E-state index in [4.69, 9.17) is 59.8 Å². The maximum absolute atomic E-state index is 11.1. The number of benzene rings is 4. The molecule has 4 rings (SSSR count). The molecule has 0 atom stereocenters. The predicted octanol–water partition coefficient (Wildman–Crippen LogP) is -3.34. The number of methoxy groups -OCH3 is 4. The fraction of sp³-hybridized carbons (Fsp3) is 0.300. The summed E-state index contributed by atoms with van der Waals surface area (Å²) in [6.07, 6.45) is 2.07. The normalized spacial score (nSPS) is 7.06. The Bertz CT molecular complexity index is 1340. The number of aldehydes is 4. The van der Waals surface area contributed by atoms with Crippen LogP contribution in [0.1, 0.15) is 41.4 Å². The van der Waals surface area contributed by atoms with E-state index in [1.54, 1.807) is 24.3 Å². The summed E-state index contributed by atoms with van der Waals surface area (Å²) < 4.78 is 18.9. The van der Waals surface area contributed by atoms with Crippen LogP contribution < -0.4 is 59.8 Å². The monoisotopic (exact) mass is 1090 g/mol. The molecule has 4 N–H and O–H groups in total. The van der Waals surface area contributed by atoms with Crippen LogP contribution in [0, 0.1) is 0 Å². The van der Waals surface area contributed by atoms with E-state index >= 15 is 0 Å². The van der Waals surface area contributed by atoms with Gasteiger partial charge in [0.25, 0.3) is 0 Å². The number of ether oxygens (including phenoxy) is 4. The summed E-state index contributed by atoms with van der Waals surface area (Å²) in [4.78, 5) is 41.0. The van der Waals surface area contributed by atoms with Crippen LogP contribution in [0.25, 0.3) is 0 Å². The molecule has 372 valence electrons. The SMILES string of the molecule is CO.CO.CO.CO.COc1cccc(C=O)c1[O-].COc1cccc(C=O)c1[O-].COc1cccc(C=O)c1[O-].COc1cccc(C=O)c1[O-].C[O-].C[O-].C[O-].C[O-].[Co+2].[Co+2].[Co+2].[Co+2]. The number of carbonyl (C=O) groups excluding carboxylic acids is 4. The first-order valence-electron chi connectivity index (χ1n) is 15.8. The second kappa shape index (κ2) is 73.1. The van der Waals surface area contributed by atoms with Gasteiger partial charge in [-0.25, -0.2) is 0 Å². The molecule has 24 heteroatoms. The Labute approximate surface area is 415 Å². The minimum absolute atomic E-state index is 0. The van der Waals surface area contributed by atoms with E-state index < -0.39 is 0 Å². The van der Waals surface area contributed by atoms with Crippen LogP contribution in [0.4, 0.5) is 0 Å². The molecule has 0 bridgehead atoms. The summed E-state index contributed by atoms with van der Waals surface area (Å²) in [5.41, 5.74) is 0.516. The quantitative estimate of drug-likeness (QED) is 0.125. The van der Waals surface area contributed by atoms with Gasteiger partial charge >= 0.3 is 67.1 Å². The molecule has 4 aromatic carbocycles. The van der Waals surface area contributed by atoms with Gasteiger partial charge < -0.3 is 80.2 Å². The van der Waals surface area contributed by atoms with Crippen LogP contribution in [-0.4, -0.2) is 131 Å². The Morgan fingerprint density at radius 3 is 0.547 bits per heavy atom. The summed E-state index contributed by atoms with van der Waals surface area (Å²) in [5.74, 6) is -0.613. The van der Waals surface area contributed by atoms with Gasteiger partial charge in [0.1, 0.15) is 48.1 Å². The summed E-state index contributed by atoms with van der Waals surface area (Å²) in [6, 6.07) is 18.3. The Balaban J connectivity index is -0.0000000499. The van der Waals surface area contributed by atoms with E-state index in [1.807, 2.05) is 0 Å². The second-order valence-electron chi connectivity index (χ2n) is 7.99. The maximum Gasteiger partial charge on any atom is 2.00 e. The van der Waals surface area contributed by atoms with Gasteiger partial charge in [-0.05, 0) is 24.3 Å². The standard InChI is InChI=1S/4C8H8O3.4CH4O.4CH3O.4Co/c4*1-11-7-4-2-3-6(5-9)8(7)10;8*1-2;;;;/h4*2-5,10H,1H3;4*2H,1H3;4*1H3;;;;/q;;;;;;;;4*-1;4*+2/p-4. The molecule has 0 heterocycles. The largest absolute Gasteiger partial charge is 2.00 e. The van der Waals surface area contributed by atoms with E-state index in [2.05, 4.69) is 0 Å². The number of rotatable bonds is 8. The maximum atomic E-state index is 11.1. The van der Waals surface area contributed by atoms with Crippen molar-refractivity contribution in [3.05, 3.63) is 95.1 Å². The number of para-hydroxylation sites is 4. The topological polar surface area (TPSA) is 371 Å². The van der Waals surface area contributed by atoms with Crippen LogP contribution in [0.3, 0.4) is 0 Å². The third-order valence-electron chi connectivity index (χ3n) is 5.42. The number of aliphatic hydroxyl groups excluding tert-OH is 4. The van der Waals surface area contributed by atoms with Gasteiger partial charge in [0, 0.05) is 50.7 Å². The number of aliphatic hydroxyl groups is 4. The van der Waals surface area contributed by atoms with Crippen molar-refractivity contribution in [3.8, 4) is 46.0 Å². The van der Waals surface area contributed by atoms with Gasteiger partial charge in [-0.15, -0.1) is 0 Å². The van der Waals surface area contributed by atoms with Crippen molar-refractivity contribution in [1.29, 1.82) is 0 Å². The molecular weight excluding hydrogens is 1040 g/mol. The molecule has 64 heavy (non-hydrogen) atoms. The first-order valence-corrected chi connectivity index (χ1v) is 15.8. The zero-order chi connectivity index (χ0) is 49.1. The van der Waals surface area contributed by atoms with Crippen molar-refractivity contribution in [1.82, 2.24) is 0 Å². The predicted molar refractivity (Wildman–Crippen MR) is 208 cm³/mol. The van der Waals surface area contributed by atoms with Crippen molar-refractivity contribution >= 4 is 25.1 Å². The molecule has 0 aliphatic carbocycles. The molecule has 0 saturated carbocycles. The Hall–Kier alpha value is -4.33. The molecule has 0 aromatic heterocycles. The van der Waals surface area contributed by atoms with Gasteiger partial charge in [-0.1, -0.05) is 71.5 Å². The number of hydrogen-bond donors (Lipinski definition) is 4. The van der Waals surface area contributed by atoms with Crippen LogP contribution in [0.5, 0.6) is 46.0 Å². The van der Waals surface area contributed by atoms with Crippen molar-refractivity contribution in [2.24, 2.45) is 0 Å². The van der Waals surface area contributed by atoms with Gasteiger partial charge in [-0.3, -0.25) is 19.2 Å². The Morgan fingerprint density at radius 2 is 0.453 bits per heavy atom. The van der Waals surface area contributed by atoms with Crippen LogP contribution in [0.2, 0.25) is 0 Å². The zero-order valence-electron chi connectivity index (χ0n) is 36.9. The van der Waals surface area contributed by atoms with E-state index in [-0.39, 0.29) is 135 Å². The van der Waals surface area contributed by atoms with Crippen molar-refractivity contribution < 1.29 is 167 Å². The second-order valence-corrected chi connectivity index (χ2v) is 7.99. The minimum atomic E-state index is -0.356. The molecule has 0 saturated heterocycles. The van der Waals surface area contributed by atoms with E-state index in [9.17, 15) is 39.6 Å². The molecular formula is C40H56Co4O20. The smallest absolute Gasteiger partial charge is 0.869 e. The number of hydrogen-bond acceptors (Lipinski definition) is 20. The van der Waals surface area contributed by atoms with Gasteiger partial charge in [0.2, 0.25) is 0 Å². The minimum Gasteiger partial charge on any atom is -0.869 e. The summed E-state index contributed by atoms with van der Waals surface area (Å²) in [6.45, 7) is 0. The van der Waals surface area contributed by atoms with Crippen molar-refractivity contribution in [3.63, 3.8) is 0 Å². The fourth-order valence-electron chi connectivity index (χ4n) is 3.15. The molecule has 0 fully saturated rings. The molecule has 0 amide bonds. The molecule has 0 aliphatic rings. The van der Waals surface area contributed by atoms with Crippen LogP contribution in [0.15, 0.2) is 72.8 Å². The average molecular weight is 1090 g/mol. The molecule has 20 nitrogen and oxygen atoms in total. The van der Waals surface area contributed by atoms with Gasteiger partial charge in [0.15, 0.2) is 0 Å². The van der Waals surface area contributed by atoms with Crippen molar-refractivity contribution in [2.75, 3.05) is 85.3 Å². The third kappa shape index (κ3) is 40.4. The first-order chi connectivity index (χ1) is 29.2. The summed E-state index contributed by atoms with van der Waals surface area (Å²) >= 11 is 0.